The van der Waals surface area contributed by atoms with Crippen LogP contribution in [-0.2, 0) is 4.79 Å². The smallest absolute Gasteiger partial charge is 0.305 e. The lowest BCUT2D eigenvalue weighted by Gasteiger charge is -2.38. The summed E-state index contributed by atoms with van der Waals surface area (Å²) < 4.78 is 0. The van der Waals surface area contributed by atoms with Gasteiger partial charge in [-0.25, -0.2) is 4.98 Å². The van der Waals surface area contributed by atoms with Crippen LogP contribution in [0.25, 0.3) is 0 Å². The molecule has 0 bridgehead atoms. The fourth-order valence-corrected chi connectivity index (χ4v) is 2.27. The van der Waals surface area contributed by atoms with Gasteiger partial charge < -0.3 is 10.0 Å². The molecular formula is C12H17Cl2N3O2. The normalized spacial score (nSPS) is 13.2. The Morgan fingerprint density at radius 3 is 2.53 bits per heavy atom. The summed E-state index contributed by atoms with van der Waals surface area (Å²) in [6, 6.07) is -0.270. The number of carbonyl (C=O) groups is 1. The summed E-state index contributed by atoms with van der Waals surface area (Å²) in [5.74, 6) is -0.439. The molecule has 0 spiro atoms. The predicted octanol–water partition coefficient (Wildman–Crippen LogP) is 3.11. The molecule has 0 aliphatic heterocycles. The number of aliphatic carboxylic acids is 1. The highest BCUT2D eigenvalue weighted by Gasteiger charge is 2.32. The molecule has 0 radical (unpaired) electrons. The molecule has 1 heterocycles. The van der Waals surface area contributed by atoms with Gasteiger partial charge in [-0.05, 0) is 17.0 Å². The predicted molar refractivity (Wildman–Crippen MR) is 76.0 cm³/mol. The number of halogens is 2. The summed E-state index contributed by atoms with van der Waals surface area (Å²) in [6.07, 6.45) is 1.39. The molecule has 7 heteroatoms. The number of hydrogen-bond acceptors (Lipinski definition) is 4. The number of anilines is 1. The summed E-state index contributed by atoms with van der Waals surface area (Å²) in [6.45, 7) is 5.90. The van der Waals surface area contributed by atoms with E-state index in [0.717, 1.165) is 0 Å². The number of rotatable bonds is 4. The highest BCUT2D eigenvalue weighted by Crippen LogP contribution is 2.32. The minimum Gasteiger partial charge on any atom is -0.481 e. The van der Waals surface area contributed by atoms with E-state index in [0.29, 0.717) is 10.8 Å². The lowest BCUT2D eigenvalue weighted by molar-refractivity contribution is -0.138. The Labute approximate surface area is 122 Å². The van der Waals surface area contributed by atoms with Crippen molar-refractivity contribution in [2.24, 2.45) is 5.41 Å². The van der Waals surface area contributed by atoms with Gasteiger partial charge in [-0.3, -0.25) is 4.79 Å². The van der Waals surface area contributed by atoms with Gasteiger partial charge >= 0.3 is 5.97 Å². The van der Waals surface area contributed by atoms with Crippen molar-refractivity contribution < 1.29 is 9.90 Å². The largest absolute Gasteiger partial charge is 0.481 e. The van der Waals surface area contributed by atoms with Gasteiger partial charge in [0.1, 0.15) is 5.02 Å². The minimum absolute atomic E-state index is 0.0159. The minimum atomic E-state index is -0.872. The molecule has 0 saturated carbocycles. The van der Waals surface area contributed by atoms with Gasteiger partial charge in [0.2, 0.25) is 5.28 Å². The first-order chi connectivity index (χ1) is 8.62. The molecule has 5 nitrogen and oxygen atoms in total. The Hall–Kier alpha value is -1.07. The van der Waals surface area contributed by atoms with Gasteiger partial charge in [0, 0.05) is 13.1 Å². The summed E-state index contributed by atoms with van der Waals surface area (Å²) in [7, 11) is 1.75. The molecule has 106 valence electrons. The van der Waals surface area contributed by atoms with Gasteiger partial charge in [-0.1, -0.05) is 32.4 Å². The van der Waals surface area contributed by atoms with E-state index in [1.54, 1.807) is 11.9 Å². The molecule has 0 fully saturated rings. The SMILES string of the molecule is CN(c1nc(Cl)ncc1Cl)C(CC(=O)O)C(C)(C)C. The molecule has 1 aromatic heterocycles. The first-order valence-corrected chi connectivity index (χ1v) is 6.51. The van der Waals surface area contributed by atoms with E-state index >= 15 is 0 Å². The Morgan fingerprint density at radius 1 is 1.47 bits per heavy atom. The Morgan fingerprint density at radius 2 is 2.05 bits per heavy atom. The zero-order valence-corrected chi connectivity index (χ0v) is 12.8. The lowest BCUT2D eigenvalue weighted by Crippen LogP contribution is -2.44. The molecule has 1 rings (SSSR count). The van der Waals surface area contributed by atoms with Crippen molar-refractivity contribution in [2.75, 3.05) is 11.9 Å². The zero-order chi connectivity index (χ0) is 14.8. The first-order valence-electron chi connectivity index (χ1n) is 5.75. The Kier molecular flexibility index (Phi) is 4.98. The van der Waals surface area contributed by atoms with Crippen LogP contribution in [0.3, 0.4) is 0 Å². The van der Waals surface area contributed by atoms with Gasteiger partial charge in [0.15, 0.2) is 5.82 Å². The quantitative estimate of drug-likeness (QED) is 0.866. The van der Waals surface area contributed by atoms with Gasteiger partial charge in [0.25, 0.3) is 0 Å². The summed E-state index contributed by atoms with van der Waals surface area (Å²) in [5.41, 5.74) is -0.256. The van der Waals surface area contributed by atoms with E-state index < -0.39 is 5.97 Å². The zero-order valence-electron chi connectivity index (χ0n) is 11.3. The highest BCUT2D eigenvalue weighted by atomic mass is 35.5. The standard InChI is InChI=1S/C12H17Cl2N3O2/c1-12(2,3)8(5-9(18)19)17(4)10-7(13)6-15-11(14)16-10/h6,8H,5H2,1-4H3,(H,18,19). The lowest BCUT2D eigenvalue weighted by atomic mass is 9.84. The average Bonchev–Trinajstić information content (AvgIpc) is 2.26. The van der Waals surface area contributed by atoms with Gasteiger partial charge in [-0.15, -0.1) is 0 Å². The van der Waals surface area contributed by atoms with Crippen molar-refractivity contribution >= 4 is 35.0 Å². The first kappa shape index (κ1) is 16.0. The third kappa shape index (κ3) is 4.21. The Balaban J connectivity index is 3.15. The van der Waals surface area contributed by atoms with Crippen LogP contribution in [0.1, 0.15) is 27.2 Å². The molecule has 1 aromatic rings. The van der Waals surface area contributed by atoms with E-state index in [2.05, 4.69) is 9.97 Å². The second kappa shape index (κ2) is 5.92. The van der Waals surface area contributed by atoms with Crippen LogP contribution in [0.4, 0.5) is 5.82 Å². The van der Waals surface area contributed by atoms with E-state index in [1.165, 1.54) is 6.20 Å². The molecule has 19 heavy (non-hydrogen) atoms. The van der Waals surface area contributed by atoms with Crippen LogP contribution < -0.4 is 4.90 Å². The molecular weight excluding hydrogens is 289 g/mol. The third-order valence-electron chi connectivity index (χ3n) is 2.87. The second-order valence-electron chi connectivity index (χ2n) is 5.40. The fraction of sp³-hybridized carbons (Fsp3) is 0.583. The maximum Gasteiger partial charge on any atom is 0.305 e. The van der Waals surface area contributed by atoms with Crippen molar-refractivity contribution in [2.45, 2.75) is 33.2 Å². The summed E-state index contributed by atoms with van der Waals surface area (Å²) in [5, 5.41) is 9.47. The number of carboxylic acids is 1. The van der Waals surface area contributed by atoms with Crippen LogP contribution in [0.15, 0.2) is 6.20 Å². The molecule has 1 N–H and O–H groups in total. The van der Waals surface area contributed by atoms with Crippen LogP contribution in [-0.4, -0.2) is 34.1 Å². The second-order valence-corrected chi connectivity index (χ2v) is 6.15. The molecule has 0 aromatic carbocycles. The van der Waals surface area contributed by atoms with E-state index in [-0.39, 0.29) is 23.2 Å². The van der Waals surface area contributed by atoms with Gasteiger partial charge in [-0.2, -0.15) is 4.98 Å². The van der Waals surface area contributed by atoms with Crippen molar-refractivity contribution in [1.29, 1.82) is 0 Å². The highest BCUT2D eigenvalue weighted by molar-refractivity contribution is 6.33. The van der Waals surface area contributed by atoms with Crippen LogP contribution in [0.2, 0.25) is 10.3 Å². The monoisotopic (exact) mass is 305 g/mol. The molecule has 0 aliphatic carbocycles. The van der Waals surface area contributed by atoms with Crippen molar-refractivity contribution in [1.82, 2.24) is 9.97 Å². The molecule has 1 atom stereocenters. The fourth-order valence-electron chi connectivity index (χ4n) is 1.92. The van der Waals surface area contributed by atoms with Crippen molar-refractivity contribution in [3.05, 3.63) is 16.5 Å². The summed E-state index contributed by atoms with van der Waals surface area (Å²) in [4.78, 5) is 20.6. The maximum absolute atomic E-state index is 11.0. The van der Waals surface area contributed by atoms with Crippen molar-refractivity contribution in [3.8, 4) is 0 Å². The topological polar surface area (TPSA) is 66.3 Å². The number of aromatic nitrogens is 2. The number of carboxylic acid groups (broad SMARTS) is 1. The van der Waals surface area contributed by atoms with Crippen LogP contribution in [0.5, 0.6) is 0 Å². The molecule has 0 aliphatic rings. The molecule has 0 saturated heterocycles. The molecule has 0 amide bonds. The van der Waals surface area contributed by atoms with Gasteiger partial charge in [0.05, 0.1) is 12.6 Å². The summed E-state index contributed by atoms with van der Waals surface area (Å²) >= 11 is 11.8. The number of nitrogens with zero attached hydrogens (tertiary/aromatic N) is 3. The number of hydrogen-bond donors (Lipinski definition) is 1. The van der Waals surface area contributed by atoms with Crippen LogP contribution >= 0.6 is 23.2 Å². The van der Waals surface area contributed by atoms with E-state index in [1.807, 2.05) is 20.8 Å². The Bertz CT molecular complexity index is 475. The average molecular weight is 306 g/mol. The molecule has 1 unspecified atom stereocenters. The van der Waals surface area contributed by atoms with Crippen LogP contribution in [0, 0.1) is 5.41 Å². The van der Waals surface area contributed by atoms with E-state index in [4.69, 9.17) is 28.3 Å². The van der Waals surface area contributed by atoms with E-state index in [9.17, 15) is 4.79 Å². The maximum atomic E-state index is 11.0. The third-order valence-corrected chi connectivity index (χ3v) is 3.31. The van der Waals surface area contributed by atoms with Crippen molar-refractivity contribution in [3.63, 3.8) is 0 Å².